The predicted molar refractivity (Wildman–Crippen MR) is 102 cm³/mol. The van der Waals surface area contributed by atoms with Gasteiger partial charge in [-0.3, -0.25) is 0 Å². The Morgan fingerprint density at radius 2 is 0.875 bits per heavy atom. The summed E-state index contributed by atoms with van der Waals surface area (Å²) < 4.78 is 0. The fourth-order valence-corrected chi connectivity index (χ4v) is 3.06. The third-order valence-electron chi connectivity index (χ3n) is 4.44. The van der Waals surface area contributed by atoms with E-state index in [2.05, 4.69) is 6.92 Å². The molecule has 0 fully saturated rings. The summed E-state index contributed by atoms with van der Waals surface area (Å²) in [4.78, 5) is 9.35. The molecule has 0 bridgehead atoms. The number of quaternary nitrogens is 1. The second-order valence-corrected chi connectivity index (χ2v) is 6.77. The first-order valence-electron chi connectivity index (χ1n) is 10.6. The normalized spacial score (nSPS) is 12.0. The quantitative estimate of drug-likeness (QED) is 0.149. The summed E-state index contributed by atoms with van der Waals surface area (Å²) in [5, 5.41) is 12.1. The summed E-state index contributed by atoms with van der Waals surface area (Å²) in [6.07, 6.45) is 18.4. The molecule has 0 aliphatic carbocycles. The third kappa shape index (κ3) is 15.4. The maximum absolute atomic E-state index is 12.1. The lowest BCUT2D eigenvalue weighted by atomic mass is 10.0. The van der Waals surface area contributed by atoms with E-state index in [0.29, 0.717) is 19.8 Å². The smallest absolute Gasteiger partial charge is 0.142 e. The lowest BCUT2D eigenvalue weighted by molar-refractivity contribution is -1.21. The van der Waals surface area contributed by atoms with Gasteiger partial charge < -0.3 is 5.21 Å². The van der Waals surface area contributed by atoms with Crippen molar-refractivity contribution in [3.05, 3.63) is 5.21 Å². The Morgan fingerprint density at radius 3 is 1.21 bits per heavy atom. The molecule has 146 valence electrons. The van der Waals surface area contributed by atoms with Crippen molar-refractivity contribution in [3.63, 3.8) is 0 Å². The molecule has 0 atom stereocenters. The van der Waals surface area contributed by atoms with Crippen LogP contribution in [0.15, 0.2) is 0 Å². The van der Waals surface area contributed by atoms with Crippen LogP contribution in [-0.4, -0.2) is 24.7 Å². The van der Waals surface area contributed by atoms with E-state index in [1.165, 1.54) is 77.0 Å². The van der Waals surface area contributed by atoms with Gasteiger partial charge in [0.05, 0.1) is 0 Å². The van der Waals surface area contributed by atoms with Crippen molar-refractivity contribution in [3.8, 4) is 0 Å². The molecule has 0 spiro atoms. The maximum Gasteiger partial charge on any atom is 0.142 e. The lowest BCUT2D eigenvalue weighted by Crippen LogP contribution is -2.42. The minimum absolute atomic E-state index is 0.391. The van der Waals surface area contributed by atoms with Crippen LogP contribution >= 0.6 is 0 Å². The highest BCUT2D eigenvalue weighted by Crippen LogP contribution is 2.15. The van der Waals surface area contributed by atoms with Gasteiger partial charge in [-0.1, -0.05) is 88.9 Å². The Labute approximate surface area is 151 Å². The van der Waals surface area contributed by atoms with Crippen molar-refractivity contribution in [1.82, 2.24) is 0 Å². The Bertz CT molecular complexity index is 243. The van der Waals surface area contributed by atoms with E-state index in [1.807, 2.05) is 13.8 Å². The second kappa shape index (κ2) is 17.7. The number of rotatable bonds is 19. The van der Waals surface area contributed by atoms with Crippen LogP contribution in [0.4, 0.5) is 0 Å². The van der Waals surface area contributed by atoms with Crippen molar-refractivity contribution in [2.45, 2.75) is 111 Å². The zero-order valence-corrected chi connectivity index (χ0v) is 16.7. The Kier molecular flexibility index (Phi) is 17.5. The summed E-state index contributed by atoms with van der Waals surface area (Å²) in [5.41, 5.74) is 0. The molecule has 0 aromatic rings. The van der Waals surface area contributed by atoms with Crippen LogP contribution < -0.4 is 0 Å². The molecular formula is C20H43NO3. The van der Waals surface area contributed by atoms with E-state index < -0.39 is 4.97 Å². The largest absolute Gasteiger partial charge is 0.564 e. The van der Waals surface area contributed by atoms with Gasteiger partial charge in [-0.2, -0.15) is 9.68 Å². The van der Waals surface area contributed by atoms with Gasteiger partial charge in [0.1, 0.15) is 19.8 Å². The van der Waals surface area contributed by atoms with E-state index in [0.717, 1.165) is 12.8 Å². The molecule has 0 rings (SSSR count). The van der Waals surface area contributed by atoms with Crippen LogP contribution in [-0.2, 0) is 9.68 Å². The Hall–Kier alpha value is -0.160. The molecular weight excluding hydrogens is 302 g/mol. The van der Waals surface area contributed by atoms with Gasteiger partial charge in [0.2, 0.25) is 0 Å². The molecule has 0 heterocycles. The Balaban J connectivity index is 3.30. The number of hydroxylamine groups is 3. The molecule has 0 aliphatic heterocycles. The minimum atomic E-state index is -0.939. The van der Waals surface area contributed by atoms with Crippen LogP contribution in [0.1, 0.15) is 111 Å². The molecule has 0 aromatic carbocycles. The van der Waals surface area contributed by atoms with Crippen LogP contribution in [0, 0.1) is 5.21 Å². The fraction of sp³-hybridized carbons (Fsp3) is 1.00. The highest BCUT2D eigenvalue weighted by atomic mass is 17.2. The number of hydrogen-bond donors (Lipinski definition) is 0. The summed E-state index contributed by atoms with van der Waals surface area (Å²) in [5.74, 6) is 0. The van der Waals surface area contributed by atoms with Gasteiger partial charge in [0, 0.05) is 6.42 Å². The number of unbranched alkanes of at least 4 members (excludes halogenated alkanes) is 13. The van der Waals surface area contributed by atoms with Crippen LogP contribution in [0.5, 0.6) is 0 Å². The minimum Gasteiger partial charge on any atom is -0.564 e. The van der Waals surface area contributed by atoms with Crippen molar-refractivity contribution in [2.75, 3.05) is 19.8 Å². The summed E-state index contributed by atoms with van der Waals surface area (Å²) in [6.45, 7) is 7.11. The highest BCUT2D eigenvalue weighted by molar-refractivity contribution is 4.49. The zero-order valence-electron chi connectivity index (χ0n) is 16.7. The fourth-order valence-electron chi connectivity index (χ4n) is 3.06. The topological polar surface area (TPSA) is 41.5 Å². The molecule has 4 heteroatoms. The van der Waals surface area contributed by atoms with Gasteiger partial charge in [0.25, 0.3) is 0 Å². The second-order valence-electron chi connectivity index (χ2n) is 6.77. The first-order valence-corrected chi connectivity index (χ1v) is 10.6. The van der Waals surface area contributed by atoms with Crippen molar-refractivity contribution in [1.29, 1.82) is 0 Å². The summed E-state index contributed by atoms with van der Waals surface area (Å²) in [7, 11) is 0. The van der Waals surface area contributed by atoms with E-state index in [-0.39, 0.29) is 0 Å². The number of hydrogen-bond acceptors (Lipinski definition) is 3. The lowest BCUT2D eigenvalue weighted by Gasteiger charge is -2.34. The molecule has 0 amide bonds. The van der Waals surface area contributed by atoms with Gasteiger partial charge in [-0.05, 0) is 20.3 Å². The SMILES string of the molecule is CCCCCCCCCCCCCCCC[N+]([O-])(OCC)OCC. The molecule has 0 radical (unpaired) electrons. The maximum atomic E-state index is 12.1. The predicted octanol–water partition coefficient (Wildman–Crippen LogP) is 6.69. The van der Waals surface area contributed by atoms with Gasteiger partial charge in [-0.15, -0.1) is 0 Å². The molecule has 4 nitrogen and oxygen atoms in total. The molecule has 24 heavy (non-hydrogen) atoms. The average molecular weight is 346 g/mol. The van der Waals surface area contributed by atoms with Gasteiger partial charge in [0.15, 0.2) is 0 Å². The average Bonchev–Trinajstić information content (AvgIpc) is 2.55. The van der Waals surface area contributed by atoms with Crippen molar-refractivity contribution >= 4 is 0 Å². The van der Waals surface area contributed by atoms with Crippen molar-refractivity contribution in [2.24, 2.45) is 0 Å². The van der Waals surface area contributed by atoms with Gasteiger partial charge in [-0.25, -0.2) is 0 Å². The molecule has 0 N–H and O–H groups in total. The first-order chi connectivity index (χ1) is 11.7. The monoisotopic (exact) mass is 345 g/mol. The number of nitrogens with zero attached hydrogens (tertiary/aromatic N) is 1. The molecule has 0 aliphatic rings. The van der Waals surface area contributed by atoms with Crippen LogP contribution in [0.25, 0.3) is 0 Å². The van der Waals surface area contributed by atoms with E-state index in [9.17, 15) is 5.21 Å². The molecule has 0 saturated heterocycles. The van der Waals surface area contributed by atoms with Crippen LogP contribution in [0.2, 0.25) is 0 Å². The van der Waals surface area contributed by atoms with Crippen LogP contribution in [0.3, 0.4) is 0 Å². The third-order valence-corrected chi connectivity index (χ3v) is 4.44. The standard InChI is InChI=1S/C20H43NO3/c1-4-7-8-9-10-11-12-13-14-15-16-17-18-19-20-21(22,23-5-2)24-6-3/h4-20H2,1-3H3. The molecule has 0 aromatic heterocycles. The summed E-state index contributed by atoms with van der Waals surface area (Å²) in [6, 6.07) is 0. The van der Waals surface area contributed by atoms with E-state index >= 15 is 0 Å². The van der Waals surface area contributed by atoms with Gasteiger partial charge >= 0.3 is 0 Å². The first kappa shape index (κ1) is 23.8. The highest BCUT2D eigenvalue weighted by Gasteiger charge is 2.18. The van der Waals surface area contributed by atoms with Crippen molar-refractivity contribution < 1.29 is 14.6 Å². The Morgan fingerprint density at radius 1 is 0.542 bits per heavy atom. The molecule has 0 saturated carbocycles. The van der Waals surface area contributed by atoms with E-state index in [4.69, 9.17) is 9.68 Å². The van der Waals surface area contributed by atoms with E-state index in [1.54, 1.807) is 0 Å². The zero-order chi connectivity index (χ0) is 17.9. The molecule has 0 unspecified atom stereocenters. The summed E-state index contributed by atoms with van der Waals surface area (Å²) >= 11 is 0.